The van der Waals surface area contributed by atoms with Gasteiger partial charge in [-0.05, 0) is 70.9 Å². The van der Waals surface area contributed by atoms with E-state index in [1.54, 1.807) is 23.5 Å². The van der Waals surface area contributed by atoms with Crippen molar-refractivity contribution in [2.75, 3.05) is 6.54 Å². The molecule has 0 bridgehead atoms. The Labute approximate surface area is 131 Å². The summed E-state index contributed by atoms with van der Waals surface area (Å²) >= 11 is 5.28. The van der Waals surface area contributed by atoms with Crippen LogP contribution in [-0.4, -0.2) is 12.6 Å². The molecular formula is C16H17BrFNS. The number of benzene rings is 1. The van der Waals surface area contributed by atoms with Crippen LogP contribution in [0.3, 0.4) is 0 Å². The molecule has 1 N–H and O–H groups in total. The van der Waals surface area contributed by atoms with Crippen LogP contribution < -0.4 is 5.32 Å². The Morgan fingerprint density at radius 1 is 1.25 bits per heavy atom. The second-order valence-corrected chi connectivity index (χ2v) is 7.88. The van der Waals surface area contributed by atoms with E-state index < -0.39 is 0 Å². The minimum absolute atomic E-state index is 0.123. The van der Waals surface area contributed by atoms with Crippen molar-refractivity contribution in [3.05, 3.63) is 56.4 Å². The molecule has 1 aromatic carbocycles. The predicted octanol–water partition coefficient (Wildman–Crippen LogP) is 4.73. The molecule has 20 heavy (non-hydrogen) atoms. The van der Waals surface area contributed by atoms with Crippen LogP contribution in [0.5, 0.6) is 0 Å². The quantitative estimate of drug-likeness (QED) is 0.819. The van der Waals surface area contributed by atoms with Crippen molar-refractivity contribution >= 4 is 27.3 Å². The molecule has 1 heterocycles. The van der Waals surface area contributed by atoms with E-state index in [9.17, 15) is 4.39 Å². The van der Waals surface area contributed by atoms with Crippen LogP contribution in [-0.2, 0) is 6.42 Å². The Morgan fingerprint density at radius 3 is 2.80 bits per heavy atom. The van der Waals surface area contributed by atoms with Crippen molar-refractivity contribution < 1.29 is 4.39 Å². The van der Waals surface area contributed by atoms with Crippen molar-refractivity contribution in [2.45, 2.75) is 31.2 Å². The lowest BCUT2D eigenvalue weighted by atomic mass is 9.76. The summed E-state index contributed by atoms with van der Waals surface area (Å²) in [6.45, 7) is 1.02. The molecule has 1 saturated carbocycles. The van der Waals surface area contributed by atoms with E-state index in [2.05, 4.69) is 33.4 Å². The van der Waals surface area contributed by atoms with Crippen molar-refractivity contribution in [1.29, 1.82) is 0 Å². The molecule has 0 aliphatic heterocycles. The zero-order valence-electron chi connectivity index (χ0n) is 11.1. The van der Waals surface area contributed by atoms with Crippen LogP contribution >= 0.6 is 27.3 Å². The van der Waals surface area contributed by atoms with Gasteiger partial charge in [0.25, 0.3) is 0 Å². The highest BCUT2D eigenvalue weighted by Gasteiger charge is 2.29. The molecule has 106 valence electrons. The Morgan fingerprint density at radius 2 is 2.10 bits per heavy atom. The van der Waals surface area contributed by atoms with Gasteiger partial charge in [-0.2, -0.15) is 0 Å². The number of hydrogen-bond acceptors (Lipinski definition) is 2. The largest absolute Gasteiger partial charge is 0.314 e. The molecule has 0 amide bonds. The van der Waals surface area contributed by atoms with Crippen LogP contribution in [0.1, 0.15) is 29.2 Å². The van der Waals surface area contributed by atoms with E-state index in [0.717, 1.165) is 31.4 Å². The Balaban J connectivity index is 1.40. The fourth-order valence-corrected chi connectivity index (χ4v) is 4.19. The third kappa shape index (κ3) is 3.48. The van der Waals surface area contributed by atoms with Crippen molar-refractivity contribution in [3.63, 3.8) is 0 Å². The summed E-state index contributed by atoms with van der Waals surface area (Å²) in [6.07, 6.45) is 3.33. The number of hydrogen-bond donors (Lipinski definition) is 1. The maximum Gasteiger partial charge on any atom is 0.123 e. The standard InChI is InChI=1S/C16H17BrFNS/c17-16-5-4-15(20-16)6-7-19-14-9-12(10-14)11-2-1-3-13(18)8-11/h1-5,8,12,14,19H,6-7,9-10H2. The van der Waals surface area contributed by atoms with Crippen LogP contribution in [0.2, 0.25) is 0 Å². The summed E-state index contributed by atoms with van der Waals surface area (Å²) in [4.78, 5) is 1.41. The van der Waals surface area contributed by atoms with Gasteiger partial charge in [0.15, 0.2) is 0 Å². The Bertz CT molecular complexity index is 577. The maximum absolute atomic E-state index is 13.2. The molecule has 4 heteroatoms. The van der Waals surface area contributed by atoms with Gasteiger partial charge in [-0.1, -0.05) is 12.1 Å². The first kappa shape index (κ1) is 14.2. The van der Waals surface area contributed by atoms with Gasteiger partial charge >= 0.3 is 0 Å². The summed E-state index contributed by atoms with van der Waals surface area (Å²) in [6, 6.07) is 11.9. The van der Waals surface area contributed by atoms with E-state index in [1.165, 1.54) is 14.7 Å². The molecule has 2 aromatic rings. The van der Waals surface area contributed by atoms with Crippen molar-refractivity contribution in [2.24, 2.45) is 0 Å². The maximum atomic E-state index is 13.2. The van der Waals surface area contributed by atoms with Crippen molar-refractivity contribution in [3.8, 4) is 0 Å². The second-order valence-electron chi connectivity index (χ2n) is 5.33. The van der Waals surface area contributed by atoms with Gasteiger partial charge in [0.2, 0.25) is 0 Å². The smallest absolute Gasteiger partial charge is 0.123 e. The average Bonchev–Trinajstić information content (AvgIpc) is 2.78. The van der Waals surface area contributed by atoms with E-state index in [-0.39, 0.29) is 5.82 Å². The van der Waals surface area contributed by atoms with Crippen LogP contribution in [0.15, 0.2) is 40.2 Å². The zero-order valence-corrected chi connectivity index (χ0v) is 13.5. The number of halogens is 2. The highest BCUT2D eigenvalue weighted by Crippen LogP contribution is 2.37. The van der Waals surface area contributed by atoms with Gasteiger partial charge in [-0.25, -0.2) is 4.39 Å². The lowest BCUT2D eigenvalue weighted by Crippen LogP contribution is -2.40. The Kier molecular flexibility index (Phi) is 4.54. The molecule has 0 radical (unpaired) electrons. The second kappa shape index (κ2) is 6.37. The fourth-order valence-electron chi connectivity index (χ4n) is 2.70. The molecule has 1 aliphatic carbocycles. The van der Waals surface area contributed by atoms with E-state index in [4.69, 9.17) is 0 Å². The molecule has 3 rings (SSSR count). The van der Waals surface area contributed by atoms with Gasteiger partial charge in [-0.3, -0.25) is 0 Å². The monoisotopic (exact) mass is 353 g/mol. The van der Waals surface area contributed by atoms with Gasteiger partial charge in [-0.15, -0.1) is 11.3 Å². The van der Waals surface area contributed by atoms with Gasteiger partial charge in [0.05, 0.1) is 3.79 Å². The van der Waals surface area contributed by atoms with Gasteiger partial charge in [0.1, 0.15) is 5.82 Å². The van der Waals surface area contributed by atoms with Crippen LogP contribution in [0, 0.1) is 5.82 Å². The summed E-state index contributed by atoms with van der Waals surface area (Å²) in [5, 5.41) is 3.59. The highest BCUT2D eigenvalue weighted by molar-refractivity contribution is 9.11. The van der Waals surface area contributed by atoms with Crippen LogP contribution in [0.4, 0.5) is 4.39 Å². The SMILES string of the molecule is Fc1cccc(C2CC(NCCc3ccc(Br)s3)C2)c1. The topological polar surface area (TPSA) is 12.0 Å². The summed E-state index contributed by atoms with van der Waals surface area (Å²) < 4.78 is 14.4. The van der Waals surface area contributed by atoms with Crippen LogP contribution in [0.25, 0.3) is 0 Å². The highest BCUT2D eigenvalue weighted by atomic mass is 79.9. The third-order valence-corrected chi connectivity index (χ3v) is 5.57. The number of thiophene rings is 1. The lowest BCUT2D eigenvalue weighted by Gasteiger charge is -2.36. The molecule has 1 aliphatic rings. The third-order valence-electron chi connectivity index (χ3n) is 3.89. The summed E-state index contributed by atoms with van der Waals surface area (Å²) in [5.41, 5.74) is 1.14. The zero-order chi connectivity index (χ0) is 13.9. The molecule has 0 atom stereocenters. The Hall–Kier alpha value is -0.710. The normalized spacial score (nSPS) is 21.7. The summed E-state index contributed by atoms with van der Waals surface area (Å²) in [7, 11) is 0. The molecule has 1 aromatic heterocycles. The molecule has 0 unspecified atom stereocenters. The van der Waals surface area contributed by atoms with E-state index >= 15 is 0 Å². The number of rotatable bonds is 5. The van der Waals surface area contributed by atoms with E-state index in [1.807, 2.05) is 6.07 Å². The predicted molar refractivity (Wildman–Crippen MR) is 85.9 cm³/mol. The average molecular weight is 354 g/mol. The van der Waals surface area contributed by atoms with E-state index in [0.29, 0.717) is 12.0 Å². The minimum Gasteiger partial charge on any atom is -0.314 e. The number of nitrogens with one attached hydrogen (secondary N) is 1. The lowest BCUT2D eigenvalue weighted by molar-refractivity contribution is 0.292. The first-order valence-corrected chi connectivity index (χ1v) is 8.55. The molecule has 0 saturated heterocycles. The van der Waals surface area contributed by atoms with Crippen molar-refractivity contribution in [1.82, 2.24) is 5.32 Å². The fraction of sp³-hybridized carbons (Fsp3) is 0.375. The van der Waals surface area contributed by atoms with Gasteiger partial charge < -0.3 is 5.32 Å². The molecular weight excluding hydrogens is 337 g/mol. The minimum atomic E-state index is -0.123. The summed E-state index contributed by atoms with van der Waals surface area (Å²) in [5.74, 6) is 0.404. The molecule has 1 fully saturated rings. The first-order chi connectivity index (χ1) is 9.70. The molecule has 0 spiro atoms. The first-order valence-electron chi connectivity index (χ1n) is 6.94. The molecule has 1 nitrogen and oxygen atoms in total. The van der Waals surface area contributed by atoms with Gasteiger partial charge in [0, 0.05) is 17.5 Å².